The van der Waals surface area contributed by atoms with E-state index in [1.165, 1.54) is 11.5 Å². The lowest BCUT2D eigenvalue weighted by molar-refractivity contribution is 0.0774. The van der Waals surface area contributed by atoms with Crippen LogP contribution in [0.4, 0.5) is 0 Å². The Morgan fingerprint density at radius 2 is 2.00 bits per heavy atom. The van der Waals surface area contributed by atoms with Crippen LogP contribution >= 0.6 is 23.7 Å². The Bertz CT molecular complexity index is 96.4. The first kappa shape index (κ1) is 9.71. The zero-order valence-corrected chi connectivity index (χ0v) is 8.55. The van der Waals surface area contributed by atoms with Gasteiger partial charge in [-0.15, -0.1) is 0 Å². The second-order valence-corrected chi connectivity index (χ2v) is 4.54. The molecule has 0 aromatic carbocycles. The molecule has 0 aromatic heterocycles. The lowest BCUT2D eigenvalue weighted by atomic mass is 10.5. The number of hydrogen-bond acceptors (Lipinski definition) is 4. The number of rotatable bonds is 4. The molecule has 1 rings (SSSR count). The van der Waals surface area contributed by atoms with Gasteiger partial charge in [0.25, 0.3) is 0 Å². The van der Waals surface area contributed by atoms with E-state index in [0.717, 1.165) is 26.3 Å². The van der Waals surface area contributed by atoms with Crippen molar-refractivity contribution in [2.45, 2.75) is 0 Å². The highest BCUT2D eigenvalue weighted by atomic mass is 32.2. The van der Waals surface area contributed by atoms with Crippen molar-refractivity contribution in [3.05, 3.63) is 0 Å². The molecular weight excluding hydrogens is 178 g/mol. The fraction of sp³-hybridized carbons (Fsp3) is 1.00. The molecule has 0 N–H and O–H groups in total. The van der Waals surface area contributed by atoms with E-state index in [1.807, 2.05) is 23.7 Å². The van der Waals surface area contributed by atoms with Gasteiger partial charge in [0.15, 0.2) is 0 Å². The molecule has 0 aliphatic carbocycles. The van der Waals surface area contributed by atoms with Crippen LogP contribution in [0.15, 0.2) is 0 Å². The van der Waals surface area contributed by atoms with E-state index in [4.69, 9.17) is 4.74 Å². The number of ether oxygens (including phenoxy) is 1. The van der Waals surface area contributed by atoms with Gasteiger partial charge in [0.2, 0.25) is 0 Å². The molecule has 0 unspecified atom stereocenters. The van der Waals surface area contributed by atoms with Gasteiger partial charge in [0, 0.05) is 24.6 Å². The third kappa shape index (κ3) is 4.25. The number of morpholine rings is 1. The first-order valence-corrected chi connectivity index (χ1v) is 6.21. The summed E-state index contributed by atoms with van der Waals surface area (Å²) in [5.41, 5.74) is 0. The second-order valence-electron chi connectivity index (χ2n) is 2.37. The van der Waals surface area contributed by atoms with Crippen molar-refractivity contribution < 1.29 is 4.74 Å². The average Bonchev–Trinajstić information content (AvgIpc) is 2.07. The first-order chi connectivity index (χ1) is 5.43. The maximum absolute atomic E-state index is 5.25. The summed E-state index contributed by atoms with van der Waals surface area (Å²) < 4.78 is 7.65. The summed E-state index contributed by atoms with van der Waals surface area (Å²) in [6.07, 6.45) is 2.15. The fourth-order valence-corrected chi connectivity index (χ4v) is 2.56. The van der Waals surface area contributed by atoms with Crippen molar-refractivity contribution in [1.82, 2.24) is 4.31 Å². The lowest BCUT2D eigenvalue weighted by Gasteiger charge is -2.25. The molecule has 66 valence electrons. The molecular formula is C7H15NOS2. The van der Waals surface area contributed by atoms with E-state index < -0.39 is 0 Å². The van der Waals surface area contributed by atoms with E-state index in [0.29, 0.717) is 0 Å². The molecule has 11 heavy (non-hydrogen) atoms. The van der Waals surface area contributed by atoms with Gasteiger partial charge >= 0.3 is 0 Å². The van der Waals surface area contributed by atoms with Gasteiger partial charge in [-0.25, -0.2) is 4.31 Å². The summed E-state index contributed by atoms with van der Waals surface area (Å²) in [4.78, 5) is 0. The monoisotopic (exact) mass is 193 g/mol. The SMILES string of the molecule is CSCCSN1CCOCC1. The summed E-state index contributed by atoms with van der Waals surface area (Å²) in [6, 6.07) is 0. The van der Waals surface area contributed by atoms with Crippen LogP contribution in [0.2, 0.25) is 0 Å². The number of thioether (sulfide) groups is 1. The highest BCUT2D eigenvalue weighted by Crippen LogP contribution is 2.12. The summed E-state index contributed by atoms with van der Waals surface area (Å²) >= 11 is 3.87. The summed E-state index contributed by atoms with van der Waals surface area (Å²) in [6.45, 7) is 4.01. The molecule has 1 aliphatic heterocycles. The summed E-state index contributed by atoms with van der Waals surface area (Å²) in [5, 5.41) is 0. The van der Waals surface area contributed by atoms with Crippen LogP contribution in [-0.4, -0.2) is 48.4 Å². The van der Waals surface area contributed by atoms with E-state index >= 15 is 0 Å². The Morgan fingerprint density at radius 1 is 1.27 bits per heavy atom. The van der Waals surface area contributed by atoms with Gasteiger partial charge < -0.3 is 4.74 Å². The van der Waals surface area contributed by atoms with E-state index in [2.05, 4.69) is 10.6 Å². The number of nitrogens with zero attached hydrogens (tertiary/aromatic N) is 1. The quantitative estimate of drug-likeness (QED) is 0.493. The zero-order chi connectivity index (χ0) is 7.94. The topological polar surface area (TPSA) is 12.5 Å². The van der Waals surface area contributed by atoms with Gasteiger partial charge in [-0.1, -0.05) is 11.9 Å². The normalized spacial score (nSPS) is 20.5. The molecule has 0 atom stereocenters. The number of hydrogen-bond donors (Lipinski definition) is 0. The van der Waals surface area contributed by atoms with Crippen LogP contribution in [0, 0.1) is 0 Å². The molecule has 1 fully saturated rings. The molecule has 0 amide bonds. The summed E-state index contributed by atoms with van der Waals surface area (Å²) in [7, 11) is 0. The molecule has 0 saturated carbocycles. The van der Waals surface area contributed by atoms with Crippen LogP contribution in [-0.2, 0) is 4.74 Å². The van der Waals surface area contributed by atoms with Crippen molar-refractivity contribution >= 4 is 23.7 Å². The Labute approximate surface area is 77.2 Å². The van der Waals surface area contributed by atoms with E-state index in [9.17, 15) is 0 Å². The Hall–Kier alpha value is 0.620. The van der Waals surface area contributed by atoms with Crippen LogP contribution in [0.1, 0.15) is 0 Å². The minimum atomic E-state index is 0.909. The highest BCUT2D eigenvalue weighted by molar-refractivity contribution is 8.01. The largest absolute Gasteiger partial charge is 0.379 e. The van der Waals surface area contributed by atoms with Crippen molar-refractivity contribution in [2.24, 2.45) is 0 Å². The van der Waals surface area contributed by atoms with E-state index in [1.54, 1.807) is 0 Å². The van der Waals surface area contributed by atoms with Crippen molar-refractivity contribution in [1.29, 1.82) is 0 Å². The predicted molar refractivity (Wildman–Crippen MR) is 53.2 cm³/mol. The molecule has 2 nitrogen and oxygen atoms in total. The molecule has 0 radical (unpaired) electrons. The fourth-order valence-electron chi connectivity index (χ4n) is 0.925. The van der Waals surface area contributed by atoms with Crippen molar-refractivity contribution in [3.8, 4) is 0 Å². The minimum Gasteiger partial charge on any atom is -0.379 e. The zero-order valence-electron chi connectivity index (χ0n) is 6.91. The first-order valence-electron chi connectivity index (χ1n) is 3.88. The maximum atomic E-state index is 5.25. The van der Waals surface area contributed by atoms with Crippen LogP contribution < -0.4 is 0 Å². The molecule has 1 aliphatic rings. The molecule has 1 saturated heterocycles. The van der Waals surface area contributed by atoms with Crippen molar-refractivity contribution in [2.75, 3.05) is 44.1 Å². The van der Waals surface area contributed by atoms with Crippen LogP contribution in [0.25, 0.3) is 0 Å². The van der Waals surface area contributed by atoms with Gasteiger partial charge in [-0.2, -0.15) is 11.8 Å². The van der Waals surface area contributed by atoms with Gasteiger partial charge in [-0.05, 0) is 6.26 Å². The van der Waals surface area contributed by atoms with E-state index in [-0.39, 0.29) is 0 Å². The smallest absolute Gasteiger partial charge is 0.0603 e. The molecule has 0 spiro atoms. The minimum absolute atomic E-state index is 0.909. The van der Waals surface area contributed by atoms with Crippen LogP contribution in [0.3, 0.4) is 0 Å². The Balaban J connectivity index is 1.96. The van der Waals surface area contributed by atoms with Gasteiger partial charge in [0.05, 0.1) is 13.2 Å². The van der Waals surface area contributed by atoms with Gasteiger partial charge in [0.1, 0.15) is 0 Å². The lowest BCUT2D eigenvalue weighted by Crippen LogP contribution is -2.31. The predicted octanol–water partition coefficient (Wildman–Crippen LogP) is 1.33. The van der Waals surface area contributed by atoms with Gasteiger partial charge in [-0.3, -0.25) is 0 Å². The maximum Gasteiger partial charge on any atom is 0.0603 e. The van der Waals surface area contributed by atoms with Crippen LogP contribution in [0.5, 0.6) is 0 Å². The third-order valence-electron chi connectivity index (χ3n) is 1.53. The third-order valence-corrected chi connectivity index (χ3v) is 3.52. The molecule has 1 heterocycles. The Morgan fingerprint density at radius 3 is 2.64 bits per heavy atom. The summed E-state index contributed by atoms with van der Waals surface area (Å²) in [5.74, 6) is 2.49. The average molecular weight is 193 g/mol. The molecule has 4 heteroatoms. The standard InChI is InChI=1S/C7H15NOS2/c1-10-6-7-11-8-2-4-9-5-3-8/h2-7H2,1H3. The second kappa shape index (κ2) is 6.17. The molecule has 0 aromatic rings. The molecule has 0 bridgehead atoms. The van der Waals surface area contributed by atoms with Crippen molar-refractivity contribution in [3.63, 3.8) is 0 Å². The Kier molecular flexibility index (Phi) is 5.45. The highest BCUT2D eigenvalue weighted by Gasteiger charge is 2.09.